The van der Waals surface area contributed by atoms with E-state index in [9.17, 15) is 4.39 Å². The second-order valence-electron chi connectivity index (χ2n) is 4.11. The minimum atomic E-state index is -0.359. The third kappa shape index (κ3) is 2.18. The molecule has 0 amide bonds. The highest BCUT2D eigenvalue weighted by Gasteiger charge is 2.10. The fraction of sp³-hybridized carbons (Fsp3) is 0. The van der Waals surface area contributed by atoms with Gasteiger partial charge in [0.1, 0.15) is 5.82 Å². The molecule has 4 nitrogen and oxygen atoms in total. The monoisotopic (exact) mass is 254 g/mol. The van der Waals surface area contributed by atoms with E-state index in [2.05, 4.69) is 15.2 Å². The lowest BCUT2D eigenvalue weighted by atomic mass is 10.1. The number of aromatic amines is 1. The van der Waals surface area contributed by atoms with Gasteiger partial charge in [-0.05, 0) is 18.2 Å². The van der Waals surface area contributed by atoms with Crippen LogP contribution in [-0.4, -0.2) is 15.2 Å². The van der Waals surface area contributed by atoms with Gasteiger partial charge in [0.2, 0.25) is 0 Å². The molecule has 94 valence electrons. The molecule has 0 fully saturated rings. The van der Waals surface area contributed by atoms with Crippen LogP contribution in [0.5, 0.6) is 0 Å². The van der Waals surface area contributed by atoms with Gasteiger partial charge in [0.15, 0.2) is 11.6 Å². The van der Waals surface area contributed by atoms with E-state index in [1.165, 1.54) is 18.2 Å². The molecule has 19 heavy (non-hydrogen) atoms. The van der Waals surface area contributed by atoms with Crippen molar-refractivity contribution < 1.29 is 4.39 Å². The number of H-pyrrole nitrogens is 1. The van der Waals surface area contributed by atoms with E-state index in [4.69, 9.17) is 5.73 Å². The molecular formula is C14H11FN4. The number of nitrogens with two attached hydrogens (primary N) is 1. The molecule has 0 radical (unpaired) electrons. The molecule has 0 atom stereocenters. The van der Waals surface area contributed by atoms with E-state index in [-0.39, 0.29) is 5.82 Å². The lowest BCUT2D eigenvalue weighted by Crippen LogP contribution is -1.92. The van der Waals surface area contributed by atoms with Gasteiger partial charge in [0.25, 0.3) is 0 Å². The van der Waals surface area contributed by atoms with Crippen LogP contribution in [0.2, 0.25) is 0 Å². The van der Waals surface area contributed by atoms with E-state index in [0.29, 0.717) is 22.9 Å². The van der Waals surface area contributed by atoms with Crippen molar-refractivity contribution in [2.75, 3.05) is 5.73 Å². The molecule has 0 saturated heterocycles. The van der Waals surface area contributed by atoms with Crippen molar-refractivity contribution in [2.45, 2.75) is 0 Å². The summed E-state index contributed by atoms with van der Waals surface area (Å²) < 4.78 is 13.2. The molecule has 0 unspecified atom stereocenters. The van der Waals surface area contributed by atoms with Gasteiger partial charge in [-0.1, -0.05) is 30.3 Å². The van der Waals surface area contributed by atoms with Gasteiger partial charge < -0.3 is 5.73 Å². The summed E-state index contributed by atoms with van der Waals surface area (Å²) in [6.45, 7) is 0. The smallest absolute Gasteiger partial charge is 0.181 e. The number of anilines is 1. The maximum absolute atomic E-state index is 13.2. The second kappa shape index (κ2) is 4.53. The van der Waals surface area contributed by atoms with E-state index >= 15 is 0 Å². The second-order valence-corrected chi connectivity index (χ2v) is 4.11. The fourth-order valence-corrected chi connectivity index (χ4v) is 1.83. The van der Waals surface area contributed by atoms with Crippen LogP contribution < -0.4 is 5.73 Å². The van der Waals surface area contributed by atoms with Crippen molar-refractivity contribution in [2.24, 2.45) is 0 Å². The van der Waals surface area contributed by atoms with Crippen LogP contribution in [-0.2, 0) is 0 Å². The van der Waals surface area contributed by atoms with Crippen LogP contribution in [0, 0.1) is 5.82 Å². The Morgan fingerprint density at radius 1 is 1.05 bits per heavy atom. The number of nitrogen functional groups attached to an aromatic ring is 1. The Hall–Kier alpha value is -2.69. The first-order valence-corrected chi connectivity index (χ1v) is 5.77. The number of nitrogens with zero attached hydrogens (tertiary/aromatic N) is 2. The number of hydrogen-bond donors (Lipinski definition) is 2. The Kier molecular flexibility index (Phi) is 2.72. The third-order valence-corrected chi connectivity index (χ3v) is 2.79. The number of rotatable bonds is 2. The van der Waals surface area contributed by atoms with Crippen molar-refractivity contribution >= 4 is 5.69 Å². The highest BCUT2D eigenvalue weighted by atomic mass is 19.1. The SMILES string of the molecule is Nc1ccc(F)cc1-c1nc(-c2ccccc2)n[nH]1. The topological polar surface area (TPSA) is 67.6 Å². The van der Waals surface area contributed by atoms with Gasteiger partial charge in [-0.15, -0.1) is 0 Å². The first-order chi connectivity index (χ1) is 9.24. The van der Waals surface area contributed by atoms with E-state index in [0.717, 1.165) is 5.56 Å². The Morgan fingerprint density at radius 2 is 1.84 bits per heavy atom. The van der Waals surface area contributed by atoms with Crippen molar-refractivity contribution in [1.29, 1.82) is 0 Å². The molecule has 0 aliphatic rings. The molecule has 1 aromatic heterocycles. The van der Waals surface area contributed by atoms with Gasteiger partial charge in [0, 0.05) is 16.8 Å². The van der Waals surface area contributed by atoms with Crippen LogP contribution in [0.4, 0.5) is 10.1 Å². The average molecular weight is 254 g/mol. The minimum absolute atomic E-state index is 0.359. The van der Waals surface area contributed by atoms with Crippen LogP contribution in [0.15, 0.2) is 48.5 Å². The van der Waals surface area contributed by atoms with Gasteiger partial charge in [-0.25, -0.2) is 9.37 Å². The van der Waals surface area contributed by atoms with Gasteiger partial charge in [-0.2, -0.15) is 5.10 Å². The highest BCUT2D eigenvalue weighted by molar-refractivity contribution is 5.72. The Morgan fingerprint density at radius 3 is 2.63 bits per heavy atom. The number of nitrogens with one attached hydrogen (secondary N) is 1. The van der Waals surface area contributed by atoms with Crippen LogP contribution in [0.1, 0.15) is 0 Å². The Balaban J connectivity index is 2.04. The molecule has 0 spiro atoms. The average Bonchev–Trinajstić information content (AvgIpc) is 2.92. The summed E-state index contributed by atoms with van der Waals surface area (Å²) in [6, 6.07) is 13.7. The van der Waals surface area contributed by atoms with Crippen LogP contribution in [0.3, 0.4) is 0 Å². The zero-order valence-corrected chi connectivity index (χ0v) is 9.97. The van der Waals surface area contributed by atoms with Crippen molar-refractivity contribution in [1.82, 2.24) is 15.2 Å². The van der Waals surface area contributed by atoms with Crippen molar-refractivity contribution in [3.05, 3.63) is 54.3 Å². The largest absolute Gasteiger partial charge is 0.398 e. The number of hydrogen-bond acceptors (Lipinski definition) is 3. The van der Waals surface area contributed by atoms with Gasteiger partial charge >= 0.3 is 0 Å². The molecule has 5 heteroatoms. The summed E-state index contributed by atoms with van der Waals surface area (Å²) in [5, 5.41) is 6.90. The summed E-state index contributed by atoms with van der Waals surface area (Å²) in [5.74, 6) is 0.650. The summed E-state index contributed by atoms with van der Waals surface area (Å²) in [7, 11) is 0. The first kappa shape index (κ1) is 11.4. The van der Waals surface area contributed by atoms with E-state index < -0.39 is 0 Å². The normalized spacial score (nSPS) is 10.6. The predicted octanol–water partition coefficient (Wildman–Crippen LogP) is 2.86. The molecule has 0 aliphatic carbocycles. The zero-order chi connectivity index (χ0) is 13.2. The summed E-state index contributed by atoms with van der Waals surface area (Å²) in [4.78, 5) is 4.34. The lowest BCUT2D eigenvalue weighted by Gasteiger charge is -2.01. The maximum atomic E-state index is 13.2. The van der Waals surface area contributed by atoms with Crippen LogP contribution in [0.25, 0.3) is 22.8 Å². The number of aromatic nitrogens is 3. The van der Waals surface area contributed by atoms with Crippen molar-refractivity contribution in [3.63, 3.8) is 0 Å². The lowest BCUT2D eigenvalue weighted by molar-refractivity contribution is 0.628. The van der Waals surface area contributed by atoms with E-state index in [1.807, 2.05) is 30.3 Å². The first-order valence-electron chi connectivity index (χ1n) is 5.77. The summed E-state index contributed by atoms with van der Waals surface area (Å²) >= 11 is 0. The van der Waals surface area contributed by atoms with Gasteiger partial charge in [0.05, 0.1) is 0 Å². The van der Waals surface area contributed by atoms with Gasteiger partial charge in [-0.3, -0.25) is 5.10 Å². The molecule has 0 bridgehead atoms. The molecule has 3 rings (SSSR count). The third-order valence-electron chi connectivity index (χ3n) is 2.79. The van der Waals surface area contributed by atoms with Crippen LogP contribution >= 0.6 is 0 Å². The van der Waals surface area contributed by atoms with E-state index in [1.54, 1.807) is 0 Å². The quantitative estimate of drug-likeness (QED) is 0.691. The summed E-state index contributed by atoms with van der Waals surface area (Å²) in [5.41, 5.74) is 7.67. The standard InChI is InChI=1S/C14H11FN4/c15-10-6-7-12(16)11(8-10)14-17-13(18-19-14)9-4-2-1-3-5-9/h1-8H,16H2,(H,17,18,19). The zero-order valence-electron chi connectivity index (χ0n) is 9.97. The Bertz CT molecular complexity index is 706. The molecule has 2 aromatic carbocycles. The number of benzene rings is 2. The molecule has 0 saturated carbocycles. The molecule has 3 N–H and O–H groups in total. The molecule has 0 aliphatic heterocycles. The van der Waals surface area contributed by atoms with Crippen molar-refractivity contribution in [3.8, 4) is 22.8 Å². The predicted molar refractivity (Wildman–Crippen MR) is 71.6 cm³/mol. The number of halogens is 1. The summed E-state index contributed by atoms with van der Waals surface area (Å²) in [6.07, 6.45) is 0. The maximum Gasteiger partial charge on any atom is 0.181 e. The fourth-order valence-electron chi connectivity index (χ4n) is 1.83. The molecule has 3 aromatic rings. The molecule has 1 heterocycles. The Labute approximate surface area is 109 Å². The minimum Gasteiger partial charge on any atom is -0.398 e. The molecular weight excluding hydrogens is 243 g/mol. The highest BCUT2D eigenvalue weighted by Crippen LogP contribution is 2.25.